The second-order valence-electron chi connectivity index (χ2n) is 4.66. The monoisotopic (exact) mass is 267 g/mol. The quantitative estimate of drug-likeness (QED) is 0.834. The summed E-state index contributed by atoms with van der Waals surface area (Å²) in [5.74, 6) is 0.589. The number of carbonyl (C=O) groups excluding carboxylic acids is 2. The van der Waals surface area contributed by atoms with Crippen molar-refractivity contribution >= 4 is 17.8 Å². The van der Waals surface area contributed by atoms with E-state index in [2.05, 4.69) is 10.5 Å². The van der Waals surface area contributed by atoms with Crippen LogP contribution in [0.15, 0.2) is 10.6 Å². The molecule has 1 N–H and O–H groups in total. The van der Waals surface area contributed by atoms with E-state index in [-0.39, 0.29) is 12.6 Å². The van der Waals surface area contributed by atoms with Crippen LogP contribution in [-0.4, -0.2) is 29.4 Å². The van der Waals surface area contributed by atoms with Gasteiger partial charge in [0, 0.05) is 19.4 Å². The van der Waals surface area contributed by atoms with Crippen molar-refractivity contribution in [1.82, 2.24) is 10.5 Å². The Hall–Kier alpha value is -2.05. The van der Waals surface area contributed by atoms with E-state index in [4.69, 9.17) is 9.26 Å². The molecule has 1 aliphatic rings. The summed E-state index contributed by atoms with van der Waals surface area (Å²) >= 11 is 0. The van der Waals surface area contributed by atoms with Crippen LogP contribution in [0.25, 0.3) is 0 Å². The van der Waals surface area contributed by atoms with Crippen LogP contribution in [0, 0.1) is 0 Å². The molecular formula is C12H17N3O4. The molecule has 0 bridgehead atoms. The number of hydrogen-bond acceptors (Lipinski definition) is 5. The van der Waals surface area contributed by atoms with Crippen molar-refractivity contribution in [2.45, 2.75) is 39.3 Å². The van der Waals surface area contributed by atoms with Gasteiger partial charge in [0.2, 0.25) is 5.72 Å². The molecule has 7 heteroatoms. The van der Waals surface area contributed by atoms with Gasteiger partial charge >= 0.3 is 12.0 Å². The number of anilines is 1. The minimum atomic E-state index is -1.08. The van der Waals surface area contributed by atoms with Gasteiger partial charge in [0.25, 0.3) is 0 Å². The van der Waals surface area contributed by atoms with Crippen LogP contribution < -0.4 is 10.2 Å². The summed E-state index contributed by atoms with van der Waals surface area (Å²) in [4.78, 5) is 24.3. The molecule has 1 unspecified atom stereocenters. The number of carbonyl (C=O) groups is 2. The van der Waals surface area contributed by atoms with Crippen LogP contribution >= 0.6 is 0 Å². The maximum atomic E-state index is 11.9. The number of esters is 1. The molecule has 0 spiro atoms. The molecule has 2 amide bonds. The first-order valence-corrected chi connectivity index (χ1v) is 6.19. The molecule has 1 fully saturated rings. The highest BCUT2D eigenvalue weighted by Crippen LogP contribution is 2.29. The number of aryl methyl sites for hydroxylation is 1. The summed E-state index contributed by atoms with van der Waals surface area (Å²) in [5.41, 5.74) is -1.08. The van der Waals surface area contributed by atoms with Gasteiger partial charge < -0.3 is 14.6 Å². The Morgan fingerprint density at radius 3 is 3.05 bits per heavy atom. The van der Waals surface area contributed by atoms with Crippen LogP contribution in [0.4, 0.5) is 10.6 Å². The van der Waals surface area contributed by atoms with E-state index in [0.29, 0.717) is 11.6 Å². The molecule has 19 heavy (non-hydrogen) atoms. The fourth-order valence-corrected chi connectivity index (χ4v) is 2.12. The Balaban J connectivity index is 2.27. The minimum Gasteiger partial charge on any atom is -0.437 e. The standard InChI is InChI=1S/C12H17N3O4/c1-4-5-9-6-10(14-19-9)15-11(17)13-7-12(15,3)18-8(2)16/h6H,4-5,7H2,1-3H3,(H,13,17). The van der Waals surface area contributed by atoms with Gasteiger partial charge in [-0.1, -0.05) is 12.1 Å². The number of rotatable bonds is 4. The van der Waals surface area contributed by atoms with Crippen LogP contribution in [0.1, 0.15) is 33.0 Å². The lowest BCUT2D eigenvalue weighted by Crippen LogP contribution is -2.48. The van der Waals surface area contributed by atoms with Crippen LogP contribution in [-0.2, 0) is 16.0 Å². The molecule has 0 aromatic carbocycles. The minimum absolute atomic E-state index is 0.210. The molecule has 1 atom stereocenters. The Labute approximate surface area is 110 Å². The van der Waals surface area contributed by atoms with Crippen molar-refractivity contribution in [3.8, 4) is 0 Å². The summed E-state index contributed by atoms with van der Waals surface area (Å²) in [6.45, 7) is 5.19. The molecule has 1 aliphatic heterocycles. The molecule has 2 rings (SSSR count). The van der Waals surface area contributed by atoms with E-state index < -0.39 is 11.7 Å². The lowest BCUT2D eigenvalue weighted by molar-refractivity contribution is -0.152. The lowest BCUT2D eigenvalue weighted by atomic mass is 10.2. The molecule has 1 saturated heterocycles. The topological polar surface area (TPSA) is 84.7 Å². The molecule has 1 aromatic heterocycles. The van der Waals surface area contributed by atoms with E-state index in [1.54, 1.807) is 13.0 Å². The first-order valence-electron chi connectivity index (χ1n) is 6.19. The molecule has 2 heterocycles. The number of aromatic nitrogens is 1. The van der Waals surface area contributed by atoms with Gasteiger partial charge in [0.05, 0.1) is 6.54 Å². The van der Waals surface area contributed by atoms with Crippen LogP contribution in [0.5, 0.6) is 0 Å². The van der Waals surface area contributed by atoms with E-state index in [1.807, 2.05) is 6.92 Å². The Morgan fingerprint density at radius 2 is 2.42 bits per heavy atom. The number of nitrogens with one attached hydrogen (secondary N) is 1. The predicted molar refractivity (Wildman–Crippen MR) is 66.5 cm³/mol. The summed E-state index contributed by atoms with van der Waals surface area (Å²) in [6.07, 6.45) is 1.66. The maximum Gasteiger partial charge on any atom is 0.326 e. The smallest absolute Gasteiger partial charge is 0.326 e. The van der Waals surface area contributed by atoms with Crippen molar-refractivity contribution in [2.75, 3.05) is 11.4 Å². The average molecular weight is 267 g/mol. The van der Waals surface area contributed by atoms with Crippen molar-refractivity contribution < 1.29 is 18.8 Å². The second-order valence-corrected chi connectivity index (χ2v) is 4.66. The van der Waals surface area contributed by atoms with E-state index in [0.717, 1.165) is 12.8 Å². The first-order chi connectivity index (χ1) is 8.96. The number of ether oxygens (including phenoxy) is 1. The first kappa shape index (κ1) is 13.4. The summed E-state index contributed by atoms with van der Waals surface area (Å²) < 4.78 is 10.4. The van der Waals surface area contributed by atoms with Gasteiger partial charge in [0.1, 0.15) is 5.76 Å². The van der Waals surface area contributed by atoms with Crippen molar-refractivity contribution in [3.63, 3.8) is 0 Å². The Kier molecular flexibility index (Phi) is 3.46. The zero-order valence-corrected chi connectivity index (χ0v) is 11.2. The fourth-order valence-electron chi connectivity index (χ4n) is 2.12. The van der Waals surface area contributed by atoms with Crippen molar-refractivity contribution in [3.05, 3.63) is 11.8 Å². The van der Waals surface area contributed by atoms with Gasteiger partial charge in [-0.05, 0) is 13.3 Å². The largest absolute Gasteiger partial charge is 0.437 e. The van der Waals surface area contributed by atoms with Gasteiger partial charge in [-0.2, -0.15) is 0 Å². The summed E-state index contributed by atoms with van der Waals surface area (Å²) in [6, 6.07) is 1.33. The van der Waals surface area contributed by atoms with Crippen molar-refractivity contribution in [2.24, 2.45) is 0 Å². The van der Waals surface area contributed by atoms with Crippen molar-refractivity contribution in [1.29, 1.82) is 0 Å². The van der Waals surface area contributed by atoms with Gasteiger partial charge in [-0.3, -0.25) is 4.79 Å². The fraction of sp³-hybridized carbons (Fsp3) is 0.583. The molecular weight excluding hydrogens is 250 g/mol. The molecule has 1 aromatic rings. The molecule has 104 valence electrons. The number of hydrogen-bond donors (Lipinski definition) is 1. The Morgan fingerprint density at radius 1 is 1.68 bits per heavy atom. The van der Waals surface area contributed by atoms with Gasteiger partial charge in [0.15, 0.2) is 5.82 Å². The number of nitrogens with zero attached hydrogens (tertiary/aromatic N) is 2. The number of amides is 2. The molecule has 0 radical (unpaired) electrons. The maximum absolute atomic E-state index is 11.9. The van der Waals surface area contributed by atoms with E-state index in [9.17, 15) is 9.59 Å². The van der Waals surface area contributed by atoms with E-state index >= 15 is 0 Å². The third-order valence-electron chi connectivity index (χ3n) is 2.88. The SMILES string of the molecule is CCCc1cc(N2C(=O)NCC2(C)OC(C)=O)no1. The third kappa shape index (κ3) is 2.54. The van der Waals surface area contributed by atoms with Gasteiger partial charge in [-0.25, -0.2) is 9.69 Å². The highest BCUT2D eigenvalue weighted by atomic mass is 16.6. The summed E-state index contributed by atoms with van der Waals surface area (Å²) in [5, 5.41) is 6.50. The highest BCUT2D eigenvalue weighted by Gasteiger charge is 2.47. The zero-order valence-electron chi connectivity index (χ0n) is 11.2. The predicted octanol–water partition coefficient (Wildman–Crippen LogP) is 1.44. The van der Waals surface area contributed by atoms with Crippen LogP contribution in [0.2, 0.25) is 0 Å². The zero-order chi connectivity index (χ0) is 14.0. The lowest BCUT2D eigenvalue weighted by Gasteiger charge is -2.30. The second kappa shape index (κ2) is 4.91. The highest BCUT2D eigenvalue weighted by molar-refractivity contribution is 5.95. The Bertz CT molecular complexity index is 499. The summed E-state index contributed by atoms with van der Waals surface area (Å²) in [7, 11) is 0. The van der Waals surface area contributed by atoms with E-state index in [1.165, 1.54) is 11.8 Å². The van der Waals surface area contributed by atoms with Gasteiger partial charge in [-0.15, -0.1) is 0 Å². The normalized spacial score (nSPS) is 22.5. The molecule has 7 nitrogen and oxygen atoms in total. The van der Waals surface area contributed by atoms with Crippen LogP contribution in [0.3, 0.4) is 0 Å². The molecule has 0 saturated carbocycles. The molecule has 0 aliphatic carbocycles. The third-order valence-corrected chi connectivity index (χ3v) is 2.88. The average Bonchev–Trinajstić information content (AvgIpc) is 2.84. The number of urea groups is 1.